The molecular formula is C16H15F3O. The Morgan fingerprint density at radius 1 is 1.15 bits per heavy atom. The fraction of sp³-hybridized carbons (Fsp3) is 0.250. The van der Waals surface area contributed by atoms with Crippen LogP contribution in [0.25, 0.3) is 5.57 Å². The van der Waals surface area contributed by atoms with Crippen LogP contribution in [0.15, 0.2) is 59.9 Å². The molecule has 0 atom stereocenters. The van der Waals surface area contributed by atoms with E-state index in [1.165, 1.54) is 25.3 Å². The maximum atomic E-state index is 13.2. The molecule has 4 heteroatoms. The fourth-order valence-electron chi connectivity index (χ4n) is 2.08. The van der Waals surface area contributed by atoms with Crippen molar-refractivity contribution < 1.29 is 17.9 Å². The summed E-state index contributed by atoms with van der Waals surface area (Å²) in [6.07, 6.45) is 1.47. The zero-order chi connectivity index (χ0) is 14.6. The van der Waals surface area contributed by atoms with Gasteiger partial charge in [0.05, 0.1) is 18.4 Å². The molecule has 106 valence electrons. The Morgan fingerprint density at radius 3 is 2.45 bits per heavy atom. The van der Waals surface area contributed by atoms with Crippen LogP contribution in [0.4, 0.5) is 13.2 Å². The van der Waals surface area contributed by atoms with Gasteiger partial charge < -0.3 is 4.74 Å². The van der Waals surface area contributed by atoms with Crippen LogP contribution in [0.2, 0.25) is 0 Å². The zero-order valence-electron chi connectivity index (χ0n) is 11.1. The lowest BCUT2D eigenvalue weighted by Gasteiger charge is -2.16. The van der Waals surface area contributed by atoms with Crippen LogP contribution < -0.4 is 0 Å². The molecule has 0 aromatic heterocycles. The van der Waals surface area contributed by atoms with Crippen molar-refractivity contribution in [2.75, 3.05) is 7.11 Å². The van der Waals surface area contributed by atoms with Crippen molar-refractivity contribution >= 4 is 5.57 Å². The van der Waals surface area contributed by atoms with E-state index < -0.39 is 11.7 Å². The highest BCUT2D eigenvalue weighted by atomic mass is 19.4. The molecule has 20 heavy (non-hydrogen) atoms. The van der Waals surface area contributed by atoms with Gasteiger partial charge in [-0.1, -0.05) is 36.4 Å². The minimum absolute atomic E-state index is 0.175. The van der Waals surface area contributed by atoms with Gasteiger partial charge in [0.2, 0.25) is 0 Å². The first-order valence-corrected chi connectivity index (χ1v) is 6.27. The van der Waals surface area contributed by atoms with Crippen LogP contribution in [0, 0.1) is 0 Å². The van der Waals surface area contributed by atoms with Gasteiger partial charge in [0.1, 0.15) is 0 Å². The summed E-state index contributed by atoms with van der Waals surface area (Å²) in [5, 5.41) is 0. The molecule has 0 spiro atoms. The molecule has 1 aromatic rings. The third-order valence-electron chi connectivity index (χ3n) is 3.09. The molecule has 1 aliphatic carbocycles. The van der Waals surface area contributed by atoms with E-state index in [1.54, 1.807) is 24.3 Å². The minimum atomic E-state index is -4.38. The van der Waals surface area contributed by atoms with E-state index >= 15 is 0 Å². The summed E-state index contributed by atoms with van der Waals surface area (Å²) in [6, 6.07) is 7.84. The average molecular weight is 280 g/mol. The van der Waals surface area contributed by atoms with Gasteiger partial charge in [-0.25, -0.2) is 0 Å². The van der Waals surface area contributed by atoms with E-state index in [9.17, 15) is 13.2 Å². The van der Waals surface area contributed by atoms with Crippen LogP contribution in [-0.2, 0) is 4.74 Å². The topological polar surface area (TPSA) is 9.23 Å². The number of methoxy groups -OCH3 is 1. The Kier molecular flexibility index (Phi) is 4.32. The molecule has 0 saturated carbocycles. The lowest BCUT2D eigenvalue weighted by molar-refractivity contribution is -0.0689. The van der Waals surface area contributed by atoms with E-state index in [4.69, 9.17) is 4.74 Å². The predicted molar refractivity (Wildman–Crippen MR) is 72.9 cm³/mol. The molecule has 0 fully saturated rings. The standard InChI is InChI=1S/C16H15F3O/c1-20-14-9-5-6-12(10-14)11-15(16(17,18)19)13-7-3-2-4-8-13/h2-4,6-9,11H,5,10H2,1H3/b15-11+. The summed E-state index contributed by atoms with van der Waals surface area (Å²) < 4.78 is 44.7. The van der Waals surface area contributed by atoms with E-state index in [-0.39, 0.29) is 5.56 Å². The van der Waals surface area contributed by atoms with Gasteiger partial charge in [-0.15, -0.1) is 0 Å². The highest BCUT2D eigenvalue weighted by Gasteiger charge is 2.34. The highest BCUT2D eigenvalue weighted by molar-refractivity contribution is 5.72. The molecule has 1 aromatic carbocycles. The van der Waals surface area contributed by atoms with Crippen molar-refractivity contribution in [2.45, 2.75) is 19.0 Å². The van der Waals surface area contributed by atoms with Gasteiger partial charge in [-0.3, -0.25) is 0 Å². The van der Waals surface area contributed by atoms with Gasteiger partial charge in [0.25, 0.3) is 0 Å². The molecule has 0 radical (unpaired) electrons. The molecule has 0 N–H and O–H groups in total. The summed E-state index contributed by atoms with van der Waals surface area (Å²) in [5.74, 6) is 0.702. The molecule has 0 bridgehead atoms. The lowest BCUT2D eigenvalue weighted by Crippen LogP contribution is -2.11. The van der Waals surface area contributed by atoms with Crippen LogP contribution in [-0.4, -0.2) is 13.3 Å². The predicted octanol–water partition coefficient (Wildman–Crippen LogP) is 4.88. The molecule has 1 nitrogen and oxygen atoms in total. The van der Waals surface area contributed by atoms with E-state index in [0.717, 1.165) is 0 Å². The van der Waals surface area contributed by atoms with E-state index in [0.29, 0.717) is 24.2 Å². The quantitative estimate of drug-likeness (QED) is 0.766. The molecule has 1 aliphatic rings. The molecule has 0 aliphatic heterocycles. The average Bonchev–Trinajstić information content (AvgIpc) is 2.45. The largest absolute Gasteiger partial charge is 0.501 e. The number of alkyl halides is 3. The van der Waals surface area contributed by atoms with Crippen LogP contribution in [0.1, 0.15) is 18.4 Å². The first-order chi connectivity index (χ1) is 9.50. The normalized spacial score (nSPS) is 16.5. The molecular weight excluding hydrogens is 265 g/mol. The van der Waals surface area contributed by atoms with Crippen molar-refractivity contribution in [1.29, 1.82) is 0 Å². The van der Waals surface area contributed by atoms with Gasteiger partial charge in [0.15, 0.2) is 0 Å². The molecule has 0 unspecified atom stereocenters. The van der Waals surface area contributed by atoms with Gasteiger partial charge in [-0.2, -0.15) is 13.2 Å². The SMILES string of the molecule is COC1=CCC=C(/C=C(\c2ccccc2)C(F)(F)F)C1. The van der Waals surface area contributed by atoms with Crippen molar-refractivity contribution in [1.82, 2.24) is 0 Å². The summed E-state index contributed by atoms with van der Waals surface area (Å²) in [5.41, 5.74) is 0.177. The summed E-state index contributed by atoms with van der Waals surface area (Å²) in [7, 11) is 1.53. The number of ether oxygens (including phenoxy) is 1. The Balaban J connectivity index is 2.34. The molecule has 0 amide bonds. The van der Waals surface area contributed by atoms with Gasteiger partial charge >= 0.3 is 6.18 Å². The zero-order valence-corrected chi connectivity index (χ0v) is 11.1. The van der Waals surface area contributed by atoms with Crippen LogP contribution >= 0.6 is 0 Å². The van der Waals surface area contributed by atoms with Crippen molar-refractivity contribution in [3.8, 4) is 0 Å². The third-order valence-corrected chi connectivity index (χ3v) is 3.09. The summed E-state index contributed by atoms with van der Waals surface area (Å²) in [6.45, 7) is 0. The second-order valence-electron chi connectivity index (χ2n) is 4.49. The fourth-order valence-corrected chi connectivity index (χ4v) is 2.08. The number of halogens is 3. The first-order valence-electron chi connectivity index (χ1n) is 6.27. The van der Waals surface area contributed by atoms with Crippen LogP contribution in [0.5, 0.6) is 0 Å². The van der Waals surface area contributed by atoms with Gasteiger partial charge in [0, 0.05) is 6.42 Å². The summed E-state index contributed by atoms with van der Waals surface area (Å²) >= 11 is 0. The summed E-state index contributed by atoms with van der Waals surface area (Å²) in [4.78, 5) is 0. The molecule has 0 saturated heterocycles. The Bertz CT molecular complexity index is 551. The van der Waals surface area contributed by atoms with Crippen LogP contribution in [0.3, 0.4) is 0 Å². The van der Waals surface area contributed by atoms with E-state index in [1.807, 2.05) is 6.08 Å². The molecule has 2 rings (SSSR count). The number of hydrogen-bond donors (Lipinski definition) is 0. The second kappa shape index (κ2) is 5.99. The van der Waals surface area contributed by atoms with Crippen molar-refractivity contribution in [2.24, 2.45) is 0 Å². The Morgan fingerprint density at radius 2 is 1.85 bits per heavy atom. The molecule has 0 heterocycles. The Hall–Kier alpha value is -1.97. The maximum Gasteiger partial charge on any atom is 0.416 e. The number of hydrogen-bond acceptors (Lipinski definition) is 1. The third kappa shape index (κ3) is 3.53. The smallest absolute Gasteiger partial charge is 0.416 e. The lowest BCUT2D eigenvalue weighted by atomic mass is 9.97. The Labute approximate surface area is 116 Å². The maximum absolute atomic E-state index is 13.2. The minimum Gasteiger partial charge on any atom is -0.501 e. The highest BCUT2D eigenvalue weighted by Crippen LogP contribution is 2.36. The van der Waals surface area contributed by atoms with Crippen molar-refractivity contribution in [3.63, 3.8) is 0 Å². The van der Waals surface area contributed by atoms with Gasteiger partial charge in [-0.05, 0) is 29.7 Å². The second-order valence-corrected chi connectivity index (χ2v) is 4.49. The van der Waals surface area contributed by atoms with E-state index in [2.05, 4.69) is 0 Å². The number of rotatable bonds is 3. The number of allylic oxidation sites excluding steroid dienone is 5. The number of benzene rings is 1. The first kappa shape index (κ1) is 14.4. The monoisotopic (exact) mass is 280 g/mol. The van der Waals surface area contributed by atoms with Crippen molar-refractivity contribution in [3.05, 3.63) is 65.5 Å².